The molecule has 0 radical (unpaired) electrons. The Hall–Kier alpha value is 0.334. The van der Waals surface area contributed by atoms with Gasteiger partial charge in [0.15, 0.2) is 16.6 Å². The van der Waals surface area contributed by atoms with Crippen LogP contribution < -0.4 is 0 Å². The van der Waals surface area contributed by atoms with E-state index in [1.54, 1.807) is 0 Å². The Morgan fingerprint density at radius 2 is 1.02 bits per heavy atom. The van der Waals surface area contributed by atoms with E-state index in [0.29, 0.717) is 64.6 Å². The molecule has 3 N–H and O–H groups in total. The van der Waals surface area contributed by atoms with E-state index in [2.05, 4.69) is 94.9 Å². The standard InChI is InChI=1S/C26H50O3Si.C26H48O3Si.C2H7P.CH4/c2*1-23(2,3)30(7,8)29-21-11-9-15-25(6)20(21)12-13-22(25)26(17-19(26)18-27)16-10-14-24(4,5)28;1-3-2;/h19-22,27-28H,9-18H2,1-8H3;18-22,28H,9-17H2,1-8H3;3H,1-2H3;1H4/t2*19?,20?,21-,22?,25-,26?;;/m00../s1. The first-order chi connectivity index (χ1) is 28.7. The van der Waals surface area contributed by atoms with Crippen molar-refractivity contribution in [2.45, 2.75) is 266 Å². The van der Waals surface area contributed by atoms with E-state index >= 15 is 0 Å². The van der Waals surface area contributed by atoms with Gasteiger partial charge in [0.2, 0.25) is 0 Å². The van der Waals surface area contributed by atoms with Crippen molar-refractivity contribution in [1.82, 2.24) is 0 Å². The van der Waals surface area contributed by atoms with E-state index in [9.17, 15) is 20.1 Å². The van der Waals surface area contributed by atoms with E-state index in [4.69, 9.17) is 8.85 Å². The Kier molecular flexibility index (Phi) is 19.6. The van der Waals surface area contributed by atoms with E-state index < -0.39 is 27.8 Å². The summed E-state index contributed by atoms with van der Waals surface area (Å²) in [5.74, 6) is 3.38. The first kappa shape index (κ1) is 58.6. The highest BCUT2D eigenvalue weighted by atomic mass is 31.1. The second-order valence-corrected chi connectivity index (χ2v) is 37.9. The average molecular weight is 954 g/mol. The number of carbonyl (C=O) groups is 1. The van der Waals surface area contributed by atoms with Gasteiger partial charge in [-0.25, -0.2) is 0 Å². The molecule has 0 aromatic carbocycles. The highest BCUT2D eigenvalue weighted by molar-refractivity contribution is 7.35. The predicted molar refractivity (Wildman–Crippen MR) is 282 cm³/mol. The van der Waals surface area contributed by atoms with Crippen LogP contribution in [0.4, 0.5) is 0 Å². The Balaban J connectivity index is 0.000000316. The van der Waals surface area contributed by atoms with Crippen molar-refractivity contribution in [2.24, 2.45) is 57.2 Å². The van der Waals surface area contributed by atoms with Crippen molar-refractivity contribution >= 4 is 31.5 Å². The minimum atomic E-state index is -1.78. The van der Waals surface area contributed by atoms with Crippen LogP contribution in [0.3, 0.4) is 0 Å². The molecular weight excluding hydrogens is 844 g/mol. The van der Waals surface area contributed by atoms with Gasteiger partial charge in [0.1, 0.15) is 6.29 Å². The second kappa shape index (κ2) is 21.4. The number of hydrogen-bond donors (Lipinski definition) is 3. The molecule has 0 aromatic heterocycles. The minimum absolute atomic E-state index is 0. The van der Waals surface area contributed by atoms with Gasteiger partial charge in [-0.3, -0.25) is 0 Å². The van der Waals surface area contributed by atoms with Crippen molar-refractivity contribution in [3.8, 4) is 0 Å². The average Bonchev–Trinajstić information content (AvgIpc) is 3.93. The summed E-state index contributed by atoms with van der Waals surface area (Å²) in [4.78, 5) is 11.9. The largest absolute Gasteiger partial charge is 0.414 e. The van der Waals surface area contributed by atoms with Crippen LogP contribution in [-0.4, -0.2) is 81.6 Å². The molecule has 6 rings (SSSR count). The molecule has 0 aromatic rings. The van der Waals surface area contributed by atoms with Crippen LogP contribution in [0, 0.1) is 57.2 Å². The Labute approximate surface area is 401 Å². The van der Waals surface area contributed by atoms with Crippen LogP contribution >= 0.6 is 8.58 Å². The number of aliphatic hydroxyl groups is 3. The Morgan fingerprint density at radius 1 is 0.641 bits per heavy atom. The number of aliphatic hydroxyl groups excluding tert-OH is 1. The van der Waals surface area contributed by atoms with Crippen molar-refractivity contribution in [2.75, 3.05) is 19.9 Å². The Bertz CT molecular complexity index is 1480. The summed E-state index contributed by atoms with van der Waals surface area (Å²) >= 11 is 0. The van der Waals surface area contributed by atoms with Gasteiger partial charge >= 0.3 is 0 Å². The minimum Gasteiger partial charge on any atom is -0.414 e. The third-order valence-electron chi connectivity index (χ3n) is 19.7. The molecule has 0 saturated heterocycles. The lowest BCUT2D eigenvalue weighted by molar-refractivity contribution is -0.110. The molecule has 6 aliphatic carbocycles. The van der Waals surface area contributed by atoms with Crippen molar-refractivity contribution in [3.05, 3.63) is 0 Å². The zero-order chi connectivity index (χ0) is 47.9. The molecule has 12 atom stereocenters. The summed E-state index contributed by atoms with van der Waals surface area (Å²) in [6.45, 7) is 41.1. The number of rotatable bonds is 16. The molecule has 6 saturated carbocycles. The summed E-state index contributed by atoms with van der Waals surface area (Å²) in [6.07, 6.45) is 23.1. The highest BCUT2D eigenvalue weighted by Gasteiger charge is 2.68. The van der Waals surface area contributed by atoms with Crippen LogP contribution in [0.2, 0.25) is 36.3 Å². The van der Waals surface area contributed by atoms with Crippen LogP contribution in [0.15, 0.2) is 0 Å². The van der Waals surface area contributed by atoms with Crippen LogP contribution in [0.25, 0.3) is 0 Å². The van der Waals surface area contributed by atoms with Crippen molar-refractivity contribution in [3.63, 3.8) is 0 Å². The molecule has 64 heavy (non-hydrogen) atoms. The fourth-order valence-electron chi connectivity index (χ4n) is 14.2. The molecule has 6 aliphatic rings. The first-order valence-corrected chi connectivity index (χ1v) is 34.0. The molecule has 0 heterocycles. The second-order valence-electron chi connectivity index (χ2n) is 27.4. The number of carbonyl (C=O) groups excluding carboxylic acids is 1. The van der Waals surface area contributed by atoms with Gasteiger partial charge in [0.25, 0.3) is 0 Å². The molecule has 0 spiro atoms. The molecule has 0 amide bonds. The topological polar surface area (TPSA) is 96.2 Å². The smallest absolute Gasteiger partial charge is 0.192 e. The summed E-state index contributed by atoms with van der Waals surface area (Å²) in [6, 6.07) is 0. The molecule has 8 unspecified atom stereocenters. The van der Waals surface area contributed by atoms with E-state index in [1.807, 2.05) is 27.7 Å². The molecule has 9 heteroatoms. The van der Waals surface area contributed by atoms with E-state index in [1.165, 1.54) is 83.3 Å². The SMILES string of the molecule is C.CC(C)(O)CCCC1(C2CCC3[C@@H](O[Si](C)(C)C(C)(C)C)CCC[C@@]32C)CC1C=O.CC(C)(O)CCCC1(C2CCC3[C@@H](O[Si](C)(C)C(C)(C)C)CCC[C@@]32C)CC1CO.CPC. The molecule has 6 nitrogen and oxygen atoms in total. The fourth-order valence-corrected chi connectivity index (χ4v) is 17.0. The molecular formula is C55H109O6PSi2. The van der Waals surface area contributed by atoms with Crippen LogP contribution in [-0.2, 0) is 13.6 Å². The molecule has 0 aliphatic heterocycles. The third kappa shape index (κ3) is 13.0. The number of aldehydes is 1. The normalized spacial score (nSPS) is 37.5. The van der Waals surface area contributed by atoms with Gasteiger partial charge in [-0.15, -0.1) is 8.58 Å². The maximum atomic E-state index is 11.9. The lowest BCUT2D eigenvalue weighted by Gasteiger charge is -2.50. The fraction of sp³-hybridized carbons (Fsp3) is 0.982. The summed E-state index contributed by atoms with van der Waals surface area (Å²) in [7, 11) is -2.47. The van der Waals surface area contributed by atoms with Gasteiger partial charge in [-0.2, -0.15) is 0 Å². The Morgan fingerprint density at radius 3 is 1.33 bits per heavy atom. The van der Waals surface area contributed by atoms with Crippen LogP contribution in [0.1, 0.15) is 206 Å². The zero-order valence-electron chi connectivity index (χ0n) is 44.7. The number of hydrogen-bond acceptors (Lipinski definition) is 6. The van der Waals surface area contributed by atoms with Gasteiger partial charge in [0, 0.05) is 24.7 Å². The lowest BCUT2D eigenvalue weighted by atomic mass is 9.59. The first-order valence-electron chi connectivity index (χ1n) is 26.2. The third-order valence-corrected chi connectivity index (χ3v) is 28.7. The number of fused-ring (bicyclic) bond motifs is 2. The maximum Gasteiger partial charge on any atom is 0.192 e. The summed E-state index contributed by atoms with van der Waals surface area (Å²) < 4.78 is 14.1. The lowest BCUT2D eigenvalue weighted by Crippen LogP contribution is -2.50. The zero-order valence-corrected chi connectivity index (χ0v) is 47.7. The van der Waals surface area contributed by atoms with E-state index in [-0.39, 0.29) is 28.8 Å². The molecule has 0 bridgehead atoms. The van der Waals surface area contributed by atoms with Gasteiger partial charge in [-0.05, 0) is 218 Å². The monoisotopic (exact) mass is 953 g/mol. The molecule has 378 valence electrons. The van der Waals surface area contributed by atoms with Crippen molar-refractivity contribution < 1.29 is 29.0 Å². The predicted octanol–water partition coefficient (Wildman–Crippen LogP) is 14.8. The van der Waals surface area contributed by atoms with Crippen LogP contribution in [0.5, 0.6) is 0 Å². The molecule has 6 fully saturated rings. The van der Waals surface area contributed by atoms with E-state index in [0.717, 1.165) is 47.1 Å². The quantitative estimate of drug-likeness (QED) is 0.0810. The van der Waals surface area contributed by atoms with Gasteiger partial charge in [0.05, 0.1) is 11.2 Å². The maximum absolute atomic E-state index is 11.9. The van der Waals surface area contributed by atoms with Crippen molar-refractivity contribution in [1.29, 1.82) is 0 Å². The highest BCUT2D eigenvalue weighted by Crippen LogP contribution is 2.73. The van der Waals surface area contributed by atoms with Gasteiger partial charge in [-0.1, -0.05) is 88.5 Å². The van der Waals surface area contributed by atoms with Gasteiger partial charge < -0.3 is 29.0 Å². The summed E-state index contributed by atoms with van der Waals surface area (Å²) in [5, 5.41) is 31.0. The summed E-state index contributed by atoms with van der Waals surface area (Å²) in [5.41, 5.74) is -0.0406.